The van der Waals surface area contributed by atoms with E-state index in [4.69, 9.17) is 28.6 Å². The number of para-hydroxylation sites is 1. The minimum absolute atomic E-state index is 0.0156. The minimum atomic E-state index is -0.0156. The summed E-state index contributed by atoms with van der Waals surface area (Å²) in [5.41, 5.74) is 2.21. The molecule has 0 aromatic heterocycles. The lowest BCUT2D eigenvalue weighted by atomic mass is 9.79. The summed E-state index contributed by atoms with van der Waals surface area (Å²) in [4.78, 5) is 0. The van der Waals surface area contributed by atoms with Crippen molar-refractivity contribution in [1.82, 2.24) is 0 Å². The average molecular weight is 285 g/mol. The van der Waals surface area contributed by atoms with Crippen molar-refractivity contribution in [3.05, 3.63) is 29.3 Å². The normalized spacial score (nSPS) is 12.4. The summed E-state index contributed by atoms with van der Waals surface area (Å²) in [6.45, 7) is 12.9. The molecule has 0 aliphatic heterocycles. The van der Waals surface area contributed by atoms with E-state index in [1.807, 2.05) is 0 Å². The van der Waals surface area contributed by atoms with Crippen LogP contribution < -0.4 is 4.74 Å². The highest BCUT2D eigenvalue weighted by molar-refractivity contribution is 7.82. The van der Waals surface area contributed by atoms with E-state index in [1.54, 1.807) is 0 Å². The molecular formula is C15H21ClOS. The largest absolute Gasteiger partial charge is 0.435 e. The first kappa shape index (κ1) is 15.5. The van der Waals surface area contributed by atoms with Crippen LogP contribution in [-0.4, -0.2) is 4.51 Å². The third-order valence-corrected chi connectivity index (χ3v) is 2.97. The van der Waals surface area contributed by atoms with Crippen LogP contribution in [0.25, 0.3) is 0 Å². The van der Waals surface area contributed by atoms with Gasteiger partial charge in [0.15, 0.2) is 0 Å². The summed E-state index contributed by atoms with van der Waals surface area (Å²) in [6.07, 6.45) is 0. The summed E-state index contributed by atoms with van der Waals surface area (Å²) < 4.78 is 5.67. The molecule has 0 spiro atoms. The smallest absolute Gasteiger partial charge is 0.260 e. The van der Waals surface area contributed by atoms with E-state index in [0.717, 1.165) is 16.9 Å². The molecular weight excluding hydrogens is 264 g/mol. The van der Waals surface area contributed by atoms with Crippen molar-refractivity contribution in [2.75, 3.05) is 0 Å². The van der Waals surface area contributed by atoms with E-state index >= 15 is 0 Å². The first-order valence-electron chi connectivity index (χ1n) is 6.05. The first-order chi connectivity index (χ1) is 8.03. The molecule has 1 nitrogen and oxygen atoms in total. The number of benzene rings is 1. The molecule has 3 heteroatoms. The van der Waals surface area contributed by atoms with Crippen LogP contribution in [0.4, 0.5) is 0 Å². The van der Waals surface area contributed by atoms with Crippen molar-refractivity contribution in [3.63, 3.8) is 0 Å². The minimum Gasteiger partial charge on any atom is -0.435 e. The maximum absolute atomic E-state index is 5.77. The highest BCUT2D eigenvalue weighted by Gasteiger charge is 2.26. The lowest BCUT2D eigenvalue weighted by Crippen LogP contribution is -2.20. The molecule has 0 radical (unpaired) electrons. The zero-order valence-corrected chi connectivity index (χ0v) is 13.5. The molecule has 0 amide bonds. The Balaban J connectivity index is 3.50. The van der Waals surface area contributed by atoms with E-state index in [0.29, 0.717) is 0 Å². The van der Waals surface area contributed by atoms with E-state index < -0.39 is 0 Å². The van der Waals surface area contributed by atoms with Gasteiger partial charge in [-0.3, -0.25) is 0 Å². The third kappa shape index (κ3) is 3.69. The summed E-state index contributed by atoms with van der Waals surface area (Å²) in [6, 6.07) is 6.20. The van der Waals surface area contributed by atoms with Crippen LogP contribution in [0.2, 0.25) is 0 Å². The molecule has 18 heavy (non-hydrogen) atoms. The Kier molecular flexibility index (Phi) is 4.45. The molecule has 0 unspecified atom stereocenters. The summed E-state index contributed by atoms with van der Waals surface area (Å²) >= 11 is 10.7. The van der Waals surface area contributed by atoms with Crippen molar-refractivity contribution in [3.8, 4) is 5.75 Å². The lowest BCUT2D eigenvalue weighted by Gasteiger charge is -2.28. The van der Waals surface area contributed by atoms with E-state index in [1.165, 1.54) is 0 Å². The second-order valence-electron chi connectivity index (χ2n) is 6.52. The molecule has 0 aliphatic rings. The third-order valence-electron chi connectivity index (χ3n) is 2.81. The Morgan fingerprint density at radius 1 is 1.00 bits per heavy atom. The molecule has 1 aromatic carbocycles. The standard InChI is InChI=1S/C15H21ClOS/c1-14(2,3)10-8-7-9-11(15(4,5)6)12(10)17-13(16)18/h7-9H,1-6H3. The van der Waals surface area contributed by atoms with Crippen LogP contribution in [-0.2, 0) is 10.8 Å². The zero-order valence-electron chi connectivity index (χ0n) is 11.9. The maximum atomic E-state index is 5.77. The number of thiocarbonyl (C=S) groups is 1. The van der Waals surface area contributed by atoms with Gasteiger partial charge < -0.3 is 4.74 Å². The number of hydrogen-bond acceptors (Lipinski definition) is 2. The highest BCUT2D eigenvalue weighted by Crippen LogP contribution is 2.39. The fourth-order valence-corrected chi connectivity index (χ4v) is 2.07. The fraction of sp³-hybridized carbons (Fsp3) is 0.533. The van der Waals surface area contributed by atoms with Crippen LogP contribution >= 0.6 is 23.8 Å². The van der Waals surface area contributed by atoms with Gasteiger partial charge in [0, 0.05) is 11.1 Å². The van der Waals surface area contributed by atoms with Gasteiger partial charge in [0.1, 0.15) is 5.75 Å². The molecule has 0 bridgehead atoms. The molecule has 0 saturated carbocycles. The van der Waals surface area contributed by atoms with Gasteiger partial charge in [-0.2, -0.15) is 0 Å². The molecule has 0 aliphatic carbocycles. The molecule has 0 heterocycles. The van der Waals surface area contributed by atoms with Gasteiger partial charge in [0.25, 0.3) is 4.51 Å². The van der Waals surface area contributed by atoms with Crippen LogP contribution in [0.1, 0.15) is 52.7 Å². The van der Waals surface area contributed by atoms with Crippen molar-refractivity contribution in [1.29, 1.82) is 0 Å². The average Bonchev–Trinajstić information content (AvgIpc) is 2.13. The van der Waals surface area contributed by atoms with Gasteiger partial charge in [-0.1, -0.05) is 59.7 Å². The van der Waals surface area contributed by atoms with E-state index in [2.05, 4.69) is 59.7 Å². The Morgan fingerprint density at radius 3 is 1.67 bits per heavy atom. The van der Waals surface area contributed by atoms with E-state index in [-0.39, 0.29) is 15.3 Å². The topological polar surface area (TPSA) is 9.23 Å². The second-order valence-corrected chi connectivity index (χ2v) is 7.46. The SMILES string of the molecule is CC(C)(C)c1cccc(C(C)(C)C)c1OC(=S)Cl. The predicted octanol–water partition coefficient (Wildman–Crippen LogP) is 5.18. The van der Waals surface area contributed by atoms with Gasteiger partial charge in [-0.25, -0.2) is 0 Å². The highest BCUT2D eigenvalue weighted by atomic mass is 35.5. The molecule has 0 fully saturated rings. The number of hydrogen-bond donors (Lipinski definition) is 0. The van der Waals surface area contributed by atoms with E-state index in [9.17, 15) is 0 Å². The first-order valence-corrected chi connectivity index (χ1v) is 6.83. The number of rotatable bonds is 1. The van der Waals surface area contributed by atoms with Crippen molar-refractivity contribution in [2.24, 2.45) is 0 Å². The summed E-state index contributed by atoms with van der Waals surface area (Å²) in [5.74, 6) is 0.803. The summed E-state index contributed by atoms with van der Waals surface area (Å²) in [5, 5.41) is 0. The van der Waals surface area contributed by atoms with Gasteiger partial charge >= 0.3 is 0 Å². The van der Waals surface area contributed by atoms with Crippen molar-refractivity contribution < 1.29 is 4.74 Å². The Hall–Kier alpha value is -0.600. The molecule has 0 atom stereocenters. The van der Waals surface area contributed by atoms with Crippen LogP contribution in [0.3, 0.4) is 0 Å². The van der Waals surface area contributed by atoms with Crippen molar-refractivity contribution in [2.45, 2.75) is 52.4 Å². The van der Waals surface area contributed by atoms with Gasteiger partial charge in [-0.05, 0) is 34.6 Å². The molecule has 1 aromatic rings. The maximum Gasteiger partial charge on any atom is 0.260 e. The number of halogens is 1. The molecule has 0 N–H and O–H groups in total. The lowest BCUT2D eigenvalue weighted by molar-refractivity contribution is 0.485. The van der Waals surface area contributed by atoms with Gasteiger partial charge in [0.05, 0.1) is 0 Å². The monoisotopic (exact) mass is 284 g/mol. The molecule has 0 saturated heterocycles. The molecule has 1 rings (SSSR count). The van der Waals surface area contributed by atoms with Crippen LogP contribution in [0, 0.1) is 0 Å². The predicted molar refractivity (Wildman–Crippen MR) is 82.9 cm³/mol. The Morgan fingerprint density at radius 2 is 1.39 bits per heavy atom. The quantitative estimate of drug-likeness (QED) is 0.519. The zero-order chi connectivity index (χ0) is 14.1. The van der Waals surface area contributed by atoms with Gasteiger partial charge in [0.2, 0.25) is 0 Å². The van der Waals surface area contributed by atoms with Gasteiger partial charge in [-0.15, -0.1) is 0 Å². The second kappa shape index (κ2) is 5.18. The fourth-order valence-electron chi connectivity index (χ4n) is 1.91. The van der Waals surface area contributed by atoms with Crippen LogP contribution in [0.5, 0.6) is 5.75 Å². The summed E-state index contributed by atoms with van der Waals surface area (Å²) in [7, 11) is 0. The number of ether oxygens (including phenoxy) is 1. The Labute approximate surface area is 120 Å². The van der Waals surface area contributed by atoms with Crippen molar-refractivity contribution >= 4 is 28.3 Å². The Bertz CT molecular complexity index is 420. The molecule has 100 valence electrons. The van der Waals surface area contributed by atoms with Crippen LogP contribution in [0.15, 0.2) is 18.2 Å².